The highest BCUT2D eigenvalue weighted by Gasteiger charge is 2.23. The van der Waals surface area contributed by atoms with Crippen molar-refractivity contribution in [2.45, 2.75) is 0 Å². The lowest BCUT2D eigenvalue weighted by molar-refractivity contribution is 1.33. The number of anilines is 3. The van der Waals surface area contributed by atoms with Crippen molar-refractivity contribution in [2.75, 3.05) is 4.90 Å². The number of fused-ring (bicyclic) bond motifs is 4. The van der Waals surface area contributed by atoms with Crippen LogP contribution in [0.1, 0.15) is 0 Å². The molecule has 192 valence electrons. The summed E-state index contributed by atoms with van der Waals surface area (Å²) in [6.45, 7) is 0. The Balaban J connectivity index is 1.55. The van der Waals surface area contributed by atoms with E-state index in [1.165, 1.54) is 65.6 Å². The van der Waals surface area contributed by atoms with Crippen LogP contribution in [-0.4, -0.2) is 0 Å². The number of nitrogens with zero attached hydrogens (tertiary/aromatic N) is 1. The number of para-hydroxylation sites is 1. The molecule has 0 unspecified atom stereocenters. The molecule has 0 atom stereocenters. The molecule has 0 bridgehead atoms. The molecule has 8 aromatic rings. The highest BCUT2D eigenvalue weighted by molar-refractivity contribution is 6.24. The van der Waals surface area contributed by atoms with Gasteiger partial charge in [-0.2, -0.15) is 0 Å². The molecular formula is C40H27N. The van der Waals surface area contributed by atoms with Crippen molar-refractivity contribution in [3.8, 4) is 11.1 Å². The average molecular weight is 522 g/mol. The summed E-state index contributed by atoms with van der Waals surface area (Å²) in [4.78, 5) is 2.46. The molecule has 0 aromatic heterocycles. The maximum atomic E-state index is 2.46. The Morgan fingerprint density at radius 3 is 1.44 bits per heavy atom. The van der Waals surface area contributed by atoms with Crippen LogP contribution in [0.25, 0.3) is 54.2 Å². The van der Waals surface area contributed by atoms with Crippen molar-refractivity contribution in [3.05, 3.63) is 164 Å². The van der Waals surface area contributed by atoms with E-state index in [4.69, 9.17) is 0 Å². The van der Waals surface area contributed by atoms with Gasteiger partial charge < -0.3 is 4.90 Å². The zero-order chi connectivity index (χ0) is 27.2. The summed E-state index contributed by atoms with van der Waals surface area (Å²) in [6.07, 6.45) is 0. The van der Waals surface area contributed by atoms with Gasteiger partial charge in [0.1, 0.15) is 0 Å². The minimum Gasteiger partial charge on any atom is -0.309 e. The van der Waals surface area contributed by atoms with Crippen LogP contribution in [0.2, 0.25) is 0 Å². The smallest absolute Gasteiger partial charge is 0.0619 e. The summed E-state index contributed by atoms with van der Waals surface area (Å²) in [7, 11) is 0. The zero-order valence-electron chi connectivity index (χ0n) is 22.5. The molecule has 41 heavy (non-hydrogen) atoms. The fourth-order valence-electron chi connectivity index (χ4n) is 6.45. The van der Waals surface area contributed by atoms with Crippen molar-refractivity contribution in [1.29, 1.82) is 0 Å². The first-order valence-electron chi connectivity index (χ1n) is 14.1. The topological polar surface area (TPSA) is 3.24 Å². The van der Waals surface area contributed by atoms with Crippen LogP contribution >= 0.6 is 0 Å². The van der Waals surface area contributed by atoms with Crippen molar-refractivity contribution < 1.29 is 0 Å². The number of benzene rings is 8. The summed E-state index contributed by atoms with van der Waals surface area (Å²) in [5.41, 5.74) is 6.04. The van der Waals surface area contributed by atoms with E-state index in [2.05, 4.69) is 169 Å². The molecule has 8 rings (SSSR count). The van der Waals surface area contributed by atoms with Crippen molar-refractivity contribution in [2.24, 2.45) is 0 Å². The van der Waals surface area contributed by atoms with Crippen LogP contribution in [0.3, 0.4) is 0 Å². The van der Waals surface area contributed by atoms with E-state index in [1.54, 1.807) is 0 Å². The predicted octanol–water partition coefficient (Wildman–Crippen LogP) is 11.4. The first kappa shape index (κ1) is 23.5. The second-order valence-electron chi connectivity index (χ2n) is 10.5. The van der Waals surface area contributed by atoms with Gasteiger partial charge in [0.05, 0.1) is 11.4 Å². The molecule has 1 heteroatoms. The summed E-state index contributed by atoms with van der Waals surface area (Å²) in [5, 5.41) is 9.93. The Bertz CT molecular complexity index is 2140. The van der Waals surface area contributed by atoms with Crippen LogP contribution in [0.5, 0.6) is 0 Å². The molecule has 0 spiro atoms. The predicted molar refractivity (Wildman–Crippen MR) is 177 cm³/mol. The molecule has 0 aliphatic carbocycles. The van der Waals surface area contributed by atoms with Gasteiger partial charge in [0.25, 0.3) is 0 Å². The quantitative estimate of drug-likeness (QED) is 0.208. The van der Waals surface area contributed by atoms with Gasteiger partial charge in [0, 0.05) is 21.8 Å². The molecule has 0 saturated heterocycles. The minimum absolute atomic E-state index is 1.14. The number of hydrogen-bond donors (Lipinski definition) is 0. The van der Waals surface area contributed by atoms with Crippen molar-refractivity contribution in [3.63, 3.8) is 0 Å². The summed E-state index contributed by atoms with van der Waals surface area (Å²) in [5.74, 6) is 0. The number of hydrogen-bond acceptors (Lipinski definition) is 1. The van der Waals surface area contributed by atoms with Crippen LogP contribution in [0.4, 0.5) is 17.1 Å². The van der Waals surface area contributed by atoms with E-state index in [9.17, 15) is 0 Å². The molecule has 0 N–H and O–H groups in total. The van der Waals surface area contributed by atoms with Gasteiger partial charge >= 0.3 is 0 Å². The Hall–Kier alpha value is -5.40. The van der Waals surface area contributed by atoms with Gasteiger partial charge in [-0.25, -0.2) is 0 Å². The van der Waals surface area contributed by atoms with E-state index >= 15 is 0 Å². The maximum Gasteiger partial charge on any atom is 0.0619 e. The van der Waals surface area contributed by atoms with E-state index in [1.807, 2.05) is 0 Å². The monoisotopic (exact) mass is 521 g/mol. The Morgan fingerprint density at radius 1 is 0.317 bits per heavy atom. The third kappa shape index (κ3) is 3.78. The molecule has 0 heterocycles. The zero-order valence-corrected chi connectivity index (χ0v) is 22.5. The Labute approximate surface area is 239 Å². The van der Waals surface area contributed by atoms with E-state index in [-0.39, 0.29) is 0 Å². The summed E-state index contributed by atoms with van der Waals surface area (Å²) >= 11 is 0. The molecular weight excluding hydrogens is 494 g/mol. The van der Waals surface area contributed by atoms with E-state index < -0.39 is 0 Å². The second kappa shape index (κ2) is 9.66. The fourth-order valence-corrected chi connectivity index (χ4v) is 6.45. The standard InChI is InChI=1S/C40H27N/c1-2-18-30(19-3-1)41(38-27-13-17-29-15-5-7-21-32(29)38)40-36-24-10-8-22-34(36)39(35-23-9-11-25-37(35)40)33-26-12-16-28-14-4-6-20-31(28)33/h1-27H. The van der Waals surface area contributed by atoms with Gasteiger partial charge in [0.2, 0.25) is 0 Å². The van der Waals surface area contributed by atoms with Gasteiger partial charge in [-0.05, 0) is 56.3 Å². The van der Waals surface area contributed by atoms with Gasteiger partial charge in [0.15, 0.2) is 0 Å². The summed E-state index contributed by atoms with van der Waals surface area (Å²) in [6, 6.07) is 59.2. The molecule has 0 amide bonds. The molecule has 0 aliphatic heterocycles. The van der Waals surface area contributed by atoms with Crippen LogP contribution in [0, 0.1) is 0 Å². The van der Waals surface area contributed by atoms with Crippen LogP contribution < -0.4 is 4.90 Å². The van der Waals surface area contributed by atoms with Gasteiger partial charge in [-0.1, -0.05) is 146 Å². The minimum atomic E-state index is 1.14. The molecule has 0 radical (unpaired) electrons. The Morgan fingerprint density at radius 2 is 0.780 bits per heavy atom. The molecule has 0 aliphatic rings. The van der Waals surface area contributed by atoms with Crippen LogP contribution in [-0.2, 0) is 0 Å². The maximum absolute atomic E-state index is 2.46. The second-order valence-corrected chi connectivity index (χ2v) is 10.5. The van der Waals surface area contributed by atoms with Gasteiger partial charge in [-0.3, -0.25) is 0 Å². The molecule has 1 nitrogen and oxygen atoms in total. The van der Waals surface area contributed by atoms with Crippen LogP contribution in [0.15, 0.2) is 164 Å². The first-order chi connectivity index (χ1) is 20.4. The highest BCUT2D eigenvalue weighted by atomic mass is 15.1. The molecule has 8 aromatic carbocycles. The van der Waals surface area contributed by atoms with E-state index in [0.29, 0.717) is 0 Å². The Kier molecular flexibility index (Phi) is 5.53. The summed E-state index contributed by atoms with van der Waals surface area (Å²) < 4.78 is 0. The lowest BCUT2D eigenvalue weighted by Gasteiger charge is -2.30. The molecule has 0 fully saturated rings. The van der Waals surface area contributed by atoms with Crippen molar-refractivity contribution in [1.82, 2.24) is 0 Å². The highest BCUT2D eigenvalue weighted by Crippen LogP contribution is 2.49. The largest absolute Gasteiger partial charge is 0.309 e. The van der Waals surface area contributed by atoms with E-state index in [0.717, 1.165) is 5.69 Å². The third-order valence-corrected chi connectivity index (χ3v) is 8.21. The normalized spacial score (nSPS) is 11.4. The average Bonchev–Trinajstić information content (AvgIpc) is 3.05. The van der Waals surface area contributed by atoms with Crippen molar-refractivity contribution >= 4 is 60.2 Å². The first-order valence-corrected chi connectivity index (χ1v) is 14.1. The fraction of sp³-hybridized carbons (Fsp3) is 0. The van der Waals surface area contributed by atoms with Gasteiger partial charge in [-0.15, -0.1) is 0 Å². The lowest BCUT2D eigenvalue weighted by atomic mass is 9.87. The number of rotatable bonds is 4. The molecule has 0 saturated carbocycles. The SMILES string of the molecule is c1ccc(N(c2cccc3ccccc23)c2c3ccccc3c(-c3cccc4ccccc34)c3ccccc23)cc1. The third-order valence-electron chi connectivity index (χ3n) is 8.21. The lowest BCUT2D eigenvalue weighted by Crippen LogP contribution is -2.12.